The van der Waals surface area contributed by atoms with Gasteiger partial charge in [-0.15, -0.1) is 0 Å². The zero-order chi connectivity index (χ0) is 43.7. The van der Waals surface area contributed by atoms with Gasteiger partial charge in [0, 0.05) is 80.8 Å². The lowest BCUT2D eigenvalue weighted by Crippen LogP contribution is -2.45. The van der Waals surface area contributed by atoms with Crippen LogP contribution in [0, 0.1) is 53.1 Å². The molecule has 0 amide bonds. The molecular weight excluding hydrogens is 801 g/mol. The van der Waals surface area contributed by atoms with Gasteiger partial charge in [0.15, 0.2) is 11.6 Å². The van der Waals surface area contributed by atoms with Crippen LogP contribution in [0.4, 0.5) is 20.2 Å². The Kier molecular flexibility index (Phi) is 10.7. The molecule has 0 spiro atoms. The van der Waals surface area contributed by atoms with Gasteiger partial charge >= 0.3 is 11.4 Å². The first kappa shape index (κ1) is 41.6. The Hall–Kier alpha value is -5.72. The van der Waals surface area contributed by atoms with E-state index in [-0.39, 0.29) is 39.7 Å². The van der Waals surface area contributed by atoms with E-state index in [1.54, 1.807) is 16.1 Å². The predicted molar refractivity (Wildman–Crippen MR) is 230 cm³/mol. The van der Waals surface area contributed by atoms with Gasteiger partial charge in [-0.2, -0.15) is 15.2 Å². The van der Waals surface area contributed by atoms with Gasteiger partial charge in [-0.1, -0.05) is 0 Å². The number of rotatable bonds is 13. The highest BCUT2D eigenvalue weighted by Gasteiger charge is 2.52. The van der Waals surface area contributed by atoms with Gasteiger partial charge in [-0.3, -0.25) is 23.7 Å². The minimum atomic E-state index is -0.664. The molecule has 2 atom stereocenters. The third kappa shape index (κ3) is 7.20. The highest BCUT2D eigenvalue weighted by Crippen LogP contribution is 2.50. The number of benzene rings is 2. The smallest absolute Gasteiger partial charge is 0.350 e. The highest BCUT2D eigenvalue weighted by molar-refractivity contribution is 5.91. The number of aromatic amines is 1. The first-order valence-corrected chi connectivity index (χ1v) is 21.9. The second-order valence-electron chi connectivity index (χ2n) is 18.1. The van der Waals surface area contributed by atoms with Crippen LogP contribution in [0.25, 0.3) is 21.8 Å². The molecule has 6 fully saturated rings. The Morgan fingerprint density at radius 2 is 1.31 bits per heavy atom. The zero-order valence-corrected chi connectivity index (χ0v) is 35.2. The lowest BCUT2D eigenvalue weighted by molar-refractivity contribution is 0.359. The van der Waals surface area contributed by atoms with Gasteiger partial charge in [0.1, 0.15) is 17.0 Å². The van der Waals surface area contributed by atoms with E-state index in [9.17, 15) is 19.2 Å². The fraction of sp³-hybridized carbons (Fsp3) is 0.591. The molecule has 18 heteroatoms. The minimum absolute atomic E-state index is 0.00413. The Labute approximate surface area is 355 Å². The molecule has 2 unspecified atom stereocenters. The fourth-order valence-electron chi connectivity index (χ4n) is 10.5. The second-order valence-corrected chi connectivity index (χ2v) is 18.1. The number of aryl methyl sites for hydroxylation is 1. The molecule has 4 aliphatic carbocycles. The monoisotopic (exact) mass is 853 g/mol. The Balaban J connectivity index is 0.000000158. The summed E-state index contributed by atoms with van der Waals surface area (Å²) in [7, 11) is 1.46. The van der Waals surface area contributed by atoms with E-state index < -0.39 is 34.1 Å². The number of ether oxygens (including phenoxy) is 1. The Morgan fingerprint density at radius 1 is 0.790 bits per heavy atom. The van der Waals surface area contributed by atoms with E-state index in [0.717, 1.165) is 70.8 Å². The second kappa shape index (κ2) is 15.9. The molecule has 328 valence electrons. The predicted octanol–water partition coefficient (Wildman–Crippen LogP) is 3.56. The van der Waals surface area contributed by atoms with Crippen molar-refractivity contribution in [3.63, 3.8) is 0 Å². The van der Waals surface area contributed by atoms with Crippen LogP contribution in [0.5, 0.6) is 5.75 Å². The average molecular weight is 854 g/mol. The number of hydrogen-bond donors (Lipinski definition) is 4. The molecule has 4 saturated carbocycles. The minimum Gasteiger partial charge on any atom is -0.492 e. The number of anilines is 2. The van der Waals surface area contributed by atoms with E-state index in [2.05, 4.69) is 32.7 Å². The summed E-state index contributed by atoms with van der Waals surface area (Å²) in [6.07, 6.45) is 10.5. The summed E-state index contributed by atoms with van der Waals surface area (Å²) in [6.45, 7) is 5.90. The van der Waals surface area contributed by atoms with Crippen LogP contribution in [0.1, 0.15) is 94.7 Å². The molecule has 5 N–H and O–H groups in total. The van der Waals surface area contributed by atoms with Crippen molar-refractivity contribution in [1.82, 2.24) is 29.4 Å². The Bertz CT molecular complexity index is 2790. The first-order valence-electron chi connectivity index (χ1n) is 21.9. The zero-order valence-electron chi connectivity index (χ0n) is 35.2. The van der Waals surface area contributed by atoms with Crippen LogP contribution in [-0.2, 0) is 0 Å². The maximum Gasteiger partial charge on any atom is 0.350 e. The van der Waals surface area contributed by atoms with Crippen molar-refractivity contribution in [2.24, 2.45) is 11.8 Å². The summed E-state index contributed by atoms with van der Waals surface area (Å²) in [5, 5.41) is 25.0. The molecule has 62 heavy (non-hydrogen) atoms. The van der Waals surface area contributed by atoms with Crippen LogP contribution in [0.2, 0.25) is 0 Å². The van der Waals surface area contributed by atoms with Crippen LogP contribution < -0.4 is 53.5 Å². The number of H-pyrrole nitrogens is 1. The summed E-state index contributed by atoms with van der Waals surface area (Å²) in [5.41, 5.74) is 0.110. The van der Waals surface area contributed by atoms with Crippen molar-refractivity contribution in [3.8, 4) is 17.9 Å². The highest BCUT2D eigenvalue weighted by atomic mass is 19.1. The number of nitriles is 2. The molecule has 4 aromatic rings. The average Bonchev–Trinajstić information content (AvgIpc) is 4.07. The molecule has 6 aliphatic rings. The number of fused-ring (bicyclic) bond motifs is 2. The Morgan fingerprint density at radius 3 is 1.82 bits per heavy atom. The van der Waals surface area contributed by atoms with E-state index in [0.29, 0.717) is 90.0 Å². The van der Waals surface area contributed by atoms with Crippen molar-refractivity contribution < 1.29 is 13.5 Å². The molecular formula is C44H53F2N11O5. The van der Waals surface area contributed by atoms with E-state index >= 15 is 8.78 Å². The van der Waals surface area contributed by atoms with Gasteiger partial charge in [-0.05, 0) is 95.1 Å². The molecule has 0 bridgehead atoms. The van der Waals surface area contributed by atoms with Crippen LogP contribution in [-0.4, -0.2) is 76.3 Å². The number of methoxy groups -OCH3 is 1. The summed E-state index contributed by atoms with van der Waals surface area (Å²) in [6, 6.07) is 6.82. The largest absolute Gasteiger partial charge is 0.492 e. The molecule has 16 nitrogen and oxygen atoms in total. The van der Waals surface area contributed by atoms with Gasteiger partial charge in [0.2, 0.25) is 0 Å². The summed E-state index contributed by atoms with van der Waals surface area (Å²) < 4.78 is 40.0. The quantitative estimate of drug-likeness (QED) is 0.112. The molecule has 10 rings (SSSR count). The SMILES string of the molecule is COc1c(N2CCC(C3(NCCC#N)CC3)C2)c(F)cc2c(=O)[nH]c(=O)n(C3CC3)c12.Cc1c(N2CCC(C3(NCCC#N)CC3)C2)c(F)cc2c(=O)n(N)c(=O)n(C3CC3)c12. The first-order chi connectivity index (χ1) is 29.9. The van der Waals surface area contributed by atoms with Gasteiger partial charge in [-0.25, -0.2) is 18.4 Å². The molecule has 2 aromatic heterocycles. The lowest BCUT2D eigenvalue weighted by atomic mass is 9.96. The molecule has 0 radical (unpaired) electrons. The van der Waals surface area contributed by atoms with Crippen molar-refractivity contribution in [2.45, 2.75) is 107 Å². The number of halogens is 2. The number of nitrogens with zero attached hydrogens (tertiary/aromatic N) is 7. The summed E-state index contributed by atoms with van der Waals surface area (Å²) in [5.74, 6) is 5.72. The topological polar surface area (TPSA) is 212 Å². The van der Waals surface area contributed by atoms with Gasteiger partial charge in [0.05, 0.1) is 41.2 Å². The molecule has 2 aliphatic heterocycles. The number of aromatic nitrogens is 4. The molecule has 4 heterocycles. The number of nitrogen functional groups attached to an aromatic ring is 1. The maximum absolute atomic E-state index is 15.3. The fourth-order valence-corrected chi connectivity index (χ4v) is 10.5. The number of nitrogens with one attached hydrogen (secondary N) is 3. The number of nitrogens with two attached hydrogens (primary N) is 1. The number of hydrogen-bond acceptors (Lipinski definition) is 12. The normalized spacial score (nSPS) is 22.0. The third-order valence-electron chi connectivity index (χ3n) is 14.3. The van der Waals surface area contributed by atoms with Crippen molar-refractivity contribution in [2.75, 3.05) is 62.0 Å². The standard InChI is InChI=1S/C22H27FN6O2.C22H26FN5O3/c1-13-18-16(20(30)29(25)21(31)28(18)15-3-4-15)11-17(23)19(13)27-10-5-14(12-27)22(6-7-22)26-9-2-8-24;1-31-19-17-15(20(29)26-21(30)28(17)14-3-4-14)11-16(23)18(19)27-10-5-13(12-27)22(6-7-22)25-9-2-8-24/h11,14-15,26H,2-7,9-10,12,25H2,1H3;11,13-14,25H,2-7,9-10,12H2,1H3,(H,26,29,30). The third-order valence-corrected chi connectivity index (χ3v) is 14.3. The van der Waals surface area contributed by atoms with Crippen LogP contribution in [0.15, 0.2) is 31.3 Å². The van der Waals surface area contributed by atoms with E-state index in [1.165, 1.54) is 19.2 Å². The summed E-state index contributed by atoms with van der Waals surface area (Å²) in [4.78, 5) is 56.7. The molecule has 2 saturated heterocycles. The summed E-state index contributed by atoms with van der Waals surface area (Å²) >= 11 is 0. The molecule has 2 aromatic carbocycles. The van der Waals surface area contributed by atoms with Crippen LogP contribution >= 0.6 is 0 Å². The van der Waals surface area contributed by atoms with Crippen molar-refractivity contribution in [1.29, 1.82) is 10.5 Å². The van der Waals surface area contributed by atoms with Crippen LogP contribution in [0.3, 0.4) is 0 Å². The van der Waals surface area contributed by atoms with Crippen molar-refractivity contribution >= 4 is 33.2 Å². The van der Waals surface area contributed by atoms with E-state index in [4.69, 9.17) is 21.1 Å². The van der Waals surface area contributed by atoms with Gasteiger partial charge in [0.25, 0.3) is 11.1 Å². The maximum atomic E-state index is 15.3. The van der Waals surface area contributed by atoms with E-state index in [1.807, 2.05) is 4.90 Å². The lowest BCUT2D eigenvalue weighted by Gasteiger charge is -2.27. The van der Waals surface area contributed by atoms with Crippen molar-refractivity contribution in [3.05, 3.63) is 71.0 Å². The van der Waals surface area contributed by atoms with Gasteiger partial charge < -0.3 is 31.0 Å².